The largest absolute Gasteiger partial charge is 0.494 e. The fourth-order valence-corrected chi connectivity index (χ4v) is 3.00. The molecule has 0 spiro atoms. The molecule has 3 rings (SSSR count). The van der Waals surface area contributed by atoms with Crippen LogP contribution in [0, 0.1) is 5.92 Å². The van der Waals surface area contributed by atoms with Crippen LogP contribution in [0.4, 0.5) is 10.5 Å². The molecule has 0 saturated carbocycles. The van der Waals surface area contributed by atoms with Crippen LogP contribution in [0.1, 0.15) is 40.5 Å². The predicted molar refractivity (Wildman–Crippen MR) is 101 cm³/mol. The average molecular weight is 361 g/mol. The number of rotatable bonds is 4. The second-order valence-corrected chi connectivity index (χ2v) is 7.99. The molecule has 26 heavy (non-hydrogen) atoms. The van der Waals surface area contributed by atoms with E-state index in [-0.39, 0.29) is 0 Å². The Kier molecular flexibility index (Phi) is 5.60. The van der Waals surface area contributed by atoms with Crippen molar-refractivity contribution in [2.24, 2.45) is 5.92 Å². The minimum absolute atomic E-state index is 0.380. The number of benzene rings is 1. The molecule has 6 nitrogen and oxygen atoms in total. The second kappa shape index (κ2) is 7.58. The maximum absolute atomic E-state index is 12.1. The van der Waals surface area contributed by atoms with Crippen molar-refractivity contribution in [2.75, 3.05) is 25.1 Å². The Balaban J connectivity index is 1.56. The van der Waals surface area contributed by atoms with Crippen molar-refractivity contribution in [1.82, 2.24) is 0 Å². The van der Waals surface area contributed by atoms with Gasteiger partial charge in [0, 0.05) is 18.9 Å². The number of carbonyl (C=O) groups is 1. The first-order chi connectivity index (χ1) is 12.3. The van der Waals surface area contributed by atoms with Gasteiger partial charge in [0.2, 0.25) is 0 Å². The molecule has 1 N–H and O–H groups in total. The molecular formula is C19H28BNO5. The van der Waals surface area contributed by atoms with Crippen LogP contribution in [-0.4, -0.2) is 44.2 Å². The monoisotopic (exact) mass is 361 g/mol. The lowest BCUT2D eigenvalue weighted by molar-refractivity contribution is 0.00578. The molecule has 2 fully saturated rings. The fourth-order valence-electron chi connectivity index (χ4n) is 3.00. The van der Waals surface area contributed by atoms with Gasteiger partial charge in [0.1, 0.15) is 0 Å². The van der Waals surface area contributed by atoms with Crippen molar-refractivity contribution in [2.45, 2.75) is 51.7 Å². The molecule has 0 radical (unpaired) electrons. The van der Waals surface area contributed by atoms with E-state index in [1.807, 2.05) is 52.0 Å². The smallest absolute Gasteiger partial charge is 0.449 e. The Hall–Kier alpha value is -1.57. The van der Waals surface area contributed by atoms with Crippen LogP contribution in [0.2, 0.25) is 0 Å². The maximum Gasteiger partial charge on any atom is 0.494 e. The average Bonchev–Trinajstić information content (AvgIpc) is 2.82. The van der Waals surface area contributed by atoms with Gasteiger partial charge in [0.15, 0.2) is 0 Å². The normalized spacial score (nSPS) is 22.2. The highest BCUT2D eigenvalue weighted by atomic mass is 16.7. The van der Waals surface area contributed by atoms with Gasteiger partial charge in [-0.05, 0) is 64.1 Å². The summed E-state index contributed by atoms with van der Waals surface area (Å²) >= 11 is 0. The van der Waals surface area contributed by atoms with Gasteiger partial charge < -0.3 is 18.8 Å². The van der Waals surface area contributed by atoms with E-state index in [0.717, 1.165) is 31.5 Å². The van der Waals surface area contributed by atoms with Crippen LogP contribution < -0.4 is 10.8 Å². The molecule has 2 aliphatic rings. The molecule has 2 heterocycles. The molecule has 1 aromatic carbocycles. The van der Waals surface area contributed by atoms with Gasteiger partial charge in [0.05, 0.1) is 17.8 Å². The van der Waals surface area contributed by atoms with Gasteiger partial charge in [-0.15, -0.1) is 0 Å². The topological polar surface area (TPSA) is 66.0 Å². The SMILES string of the molecule is CC1(C)OB(c2cccc(NC(=O)OCC3CCOCC3)c2)OC1(C)C. The zero-order chi connectivity index (χ0) is 18.8. The molecule has 2 saturated heterocycles. The first-order valence-corrected chi connectivity index (χ1v) is 9.24. The number of carbonyl (C=O) groups excluding carboxylic acids is 1. The van der Waals surface area contributed by atoms with Crippen LogP contribution in [-0.2, 0) is 18.8 Å². The Morgan fingerprint density at radius 3 is 2.50 bits per heavy atom. The van der Waals surface area contributed by atoms with E-state index in [4.69, 9.17) is 18.8 Å². The summed E-state index contributed by atoms with van der Waals surface area (Å²) in [6.45, 7) is 9.97. The first-order valence-electron chi connectivity index (χ1n) is 9.24. The molecule has 1 amide bonds. The quantitative estimate of drug-likeness (QED) is 0.836. The van der Waals surface area contributed by atoms with Crippen molar-refractivity contribution < 1.29 is 23.6 Å². The maximum atomic E-state index is 12.1. The first kappa shape index (κ1) is 19.2. The predicted octanol–water partition coefficient (Wildman–Crippen LogP) is 2.96. The molecule has 142 valence electrons. The van der Waals surface area contributed by atoms with Gasteiger partial charge in [-0.1, -0.05) is 12.1 Å². The summed E-state index contributed by atoms with van der Waals surface area (Å²) in [6.07, 6.45) is 1.43. The number of hydrogen-bond acceptors (Lipinski definition) is 5. The number of hydrogen-bond donors (Lipinski definition) is 1. The zero-order valence-electron chi connectivity index (χ0n) is 16.0. The van der Waals surface area contributed by atoms with Crippen molar-refractivity contribution in [3.63, 3.8) is 0 Å². The highest BCUT2D eigenvalue weighted by Gasteiger charge is 2.51. The van der Waals surface area contributed by atoms with Crippen LogP contribution in [0.3, 0.4) is 0 Å². The summed E-state index contributed by atoms with van der Waals surface area (Å²) < 4.78 is 22.8. The van der Waals surface area contributed by atoms with Crippen molar-refractivity contribution in [3.05, 3.63) is 24.3 Å². The summed E-state index contributed by atoms with van der Waals surface area (Å²) in [5.74, 6) is 0.380. The summed E-state index contributed by atoms with van der Waals surface area (Å²) in [5, 5.41) is 2.78. The second-order valence-electron chi connectivity index (χ2n) is 7.99. The van der Waals surface area contributed by atoms with E-state index in [0.29, 0.717) is 18.2 Å². The number of nitrogens with one attached hydrogen (secondary N) is 1. The molecular weight excluding hydrogens is 333 g/mol. The van der Waals surface area contributed by atoms with E-state index in [9.17, 15) is 4.79 Å². The van der Waals surface area contributed by atoms with Crippen LogP contribution >= 0.6 is 0 Å². The fraction of sp³-hybridized carbons (Fsp3) is 0.632. The van der Waals surface area contributed by atoms with Crippen molar-refractivity contribution in [1.29, 1.82) is 0 Å². The molecule has 0 aromatic heterocycles. The van der Waals surface area contributed by atoms with Gasteiger partial charge >= 0.3 is 13.2 Å². The van der Waals surface area contributed by atoms with Crippen LogP contribution in [0.15, 0.2) is 24.3 Å². The molecule has 0 atom stereocenters. The standard InChI is InChI=1S/C19H28BNO5/c1-18(2)19(3,4)26-20(25-18)15-6-5-7-16(12-15)21-17(22)24-13-14-8-10-23-11-9-14/h5-7,12,14H,8-11,13H2,1-4H3,(H,21,22). The molecule has 2 aliphatic heterocycles. The molecule has 0 aliphatic carbocycles. The number of amides is 1. The van der Waals surface area contributed by atoms with Gasteiger partial charge in [-0.3, -0.25) is 5.32 Å². The van der Waals surface area contributed by atoms with E-state index in [1.54, 1.807) is 0 Å². The third-order valence-corrected chi connectivity index (χ3v) is 5.45. The lowest BCUT2D eigenvalue weighted by atomic mass is 9.79. The zero-order valence-corrected chi connectivity index (χ0v) is 16.0. The number of ether oxygens (including phenoxy) is 2. The molecule has 0 bridgehead atoms. The third kappa shape index (κ3) is 4.39. The summed E-state index contributed by atoms with van der Waals surface area (Å²) in [7, 11) is -0.458. The van der Waals surface area contributed by atoms with E-state index in [1.165, 1.54) is 0 Å². The van der Waals surface area contributed by atoms with Gasteiger partial charge in [-0.25, -0.2) is 4.79 Å². The third-order valence-electron chi connectivity index (χ3n) is 5.45. The summed E-state index contributed by atoms with van der Waals surface area (Å²) in [4.78, 5) is 12.1. The Morgan fingerprint density at radius 1 is 1.19 bits per heavy atom. The summed E-state index contributed by atoms with van der Waals surface area (Å²) in [5.41, 5.74) is 0.730. The van der Waals surface area contributed by atoms with Crippen LogP contribution in [0.25, 0.3) is 0 Å². The lowest BCUT2D eigenvalue weighted by Crippen LogP contribution is -2.41. The molecule has 0 unspecified atom stereocenters. The van der Waals surface area contributed by atoms with Crippen molar-refractivity contribution in [3.8, 4) is 0 Å². The molecule has 7 heteroatoms. The minimum Gasteiger partial charge on any atom is -0.449 e. The summed E-state index contributed by atoms with van der Waals surface area (Å²) in [6, 6.07) is 7.48. The highest BCUT2D eigenvalue weighted by molar-refractivity contribution is 6.62. The Labute approximate surface area is 155 Å². The van der Waals surface area contributed by atoms with E-state index < -0.39 is 24.4 Å². The van der Waals surface area contributed by atoms with Gasteiger partial charge in [-0.2, -0.15) is 0 Å². The Bertz CT molecular complexity index is 627. The van der Waals surface area contributed by atoms with Gasteiger partial charge in [0.25, 0.3) is 0 Å². The number of anilines is 1. The van der Waals surface area contributed by atoms with Crippen molar-refractivity contribution >= 4 is 24.4 Å². The van der Waals surface area contributed by atoms with E-state index in [2.05, 4.69) is 5.32 Å². The van der Waals surface area contributed by atoms with E-state index >= 15 is 0 Å². The molecule has 1 aromatic rings. The van der Waals surface area contributed by atoms with Crippen LogP contribution in [0.5, 0.6) is 0 Å². The Morgan fingerprint density at radius 2 is 1.85 bits per heavy atom. The highest BCUT2D eigenvalue weighted by Crippen LogP contribution is 2.36. The minimum atomic E-state index is -0.458. The lowest BCUT2D eigenvalue weighted by Gasteiger charge is -2.32.